The lowest BCUT2D eigenvalue weighted by Gasteiger charge is -2.31. The third-order valence-electron chi connectivity index (χ3n) is 6.17. The van der Waals surface area contributed by atoms with Gasteiger partial charge in [-0.2, -0.15) is 0 Å². The molecule has 1 amide bonds. The molecular weight excluding hydrogens is 493 g/mol. The van der Waals surface area contributed by atoms with Crippen LogP contribution in [0.15, 0.2) is 42.5 Å². The second kappa shape index (κ2) is 9.23. The maximum absolute atomic E-state index is 13.0. The Morgan fingerprint density at radius 1 is 1.15 bits per heavy atom. The van der Waals surface area contributed by atoms with Gasteiger partial charge in [-0.05, 0) is 61.7 Å². The number of esters is 1. The monoisotopic (exact) mass is 515 g/mol. The molecule has 3 aromatic rings. The van der Waals surface area contributed by atoms with Gasteiger partial charge in [-0.15, -0.1) is 11.3 Å². The molecule has 0 unspecified atom stereocenters. The maximum atomic E-state index is 13.0. The van der Waals surface area contributed by atoms with E-state index in [9.17, 15) is 9.59 Å². The number of halogens is 2. The summed E-state index contributed by atoms with van der Waals surface area (Å²) < 4.78 is 5.45. The Balaban J connectivity index is 1.30. The standard InChI is InChI=1S/C25H23Cl2N3O3S/c1-13(2)30-10-9-18-20(12-30)34-24-21(18)23(31)28-22(29-24)14-3-6-16(7-4-14)33-25(32)17-8-5-15(26)11-19(17)27/h3-8,11,13,22,29H,9-10,12H2,1-2H3,(H,28,31)/t22-/m1/s1. The SMILES string of the molecule is CC(C)N1CCc2c(sc3c2C(=O)N[C@@H](c2ccc(OC(=O)c4ccc(Cl)cc4Cl)cc2)N3)C1. The second-order valence-electron chi connectivity index (χ2n) is 8.66. The lowest BCUT2D eigenvalue weighted by molar-refractivity contribution is 0.0734. The summed E-state index contributed by atoms with van der Waals surface area (Å²) in [6, 6.07) is 12.1. The number of amides is 1. The molecule has 2 aromatic carbocycles. The summed E-state index contributed by atoms with van der Waals surface area (Å²) in [6.07, 6.45) is 0.522. The first kappa shape index (κ1) is 23.2. The van der Waals surface area contributed by atoms with Gasteiger partial charge in [-0.25, -0.2) is 4.79 Å². The van der Waals surface area contributed by atoms with Crippen molar-refractivity contribution in [3.63, 3.8) is 0 Å². The molecule has 34 heavy (non-hydrogen) atoms. The Morgan fingerprint density at radius 2 is 1.91 bits per heavy atom. The van der Waals surface area contributed by atoms with Crippen LogP contribution in [0, 0.1) is 0 Å². The number of carbonyl (C=O) groups is 2. The molecule has 0 saturated heterocycles. The topological polar surface area (TPSA) is 70.7 Å². The third kappa shape index (κ3) is 4.41. The number of hydrogen-bond donors (Lipinski definition) is 2. The minimum absolute atomic E-state index is 0.0536. The fraction of sp³-hybridized carbons (Fsp3) is 0.280. The molecule has 5 rings (SSSR count). The minimum atomic E-state index is -0.567. The highest BCUT2D eigenvalue weighted by Crippen LogP contribution is 2.41. The summed E-state index contributed by atoms with van der Waals surface area (Å²) in [6.45, 7) is 6.24. The summed E-state index contributed by atoms with van der Waals surface area (Å²) in [5.74, 6) is -0.243. The van der Waals surface area contributed by atoms with E-state index in [0.29, 0.717) is 16.8 Å². The van der Waals surface area contributed by atoms with Crippen molar-refractivity contribution < 1.29 is 14.3 Å². The summed E-state index contributed by atoms with van der Waals surface area (Å²) in [5.41, 5.74) is 3.05. The van der Waals surface area contributed by atoms with E-state index in [4.69, 9.17) is 27.9 Å². The van der Waals surface area contributed by atoms with Crippen molar-refractivity contribution in [1.29, 1.82) is 0 Å². The zero-order valence-corrected chi connectivity index (χ0v) is 21.0. The number of hydrogen-bond acceptors (Lipinski definition) is 6. The zero-order chi connectivity index (χ0) is 24.0. The van der Waals surface area contributed by atoms with Gasteiger partial charge in [0.15, 0.2) is 0 Å². The lowest BCUT2D eigenvalue weighted by atomic mass is 9.99. The highest BCUT2D eigenvalue weighted by atomic mass is 35.5. The molecule has 9 heteroatoms. The predicted molar refractivity (Wildman–Crippen MR) is 135 cm³/mol. The molecule has 176 valence electrons. The molecule has 6 nitrogen and oxygen atoms in total. The number of fused-ring (bicyclic) bond motifs is 3. The Hall–Kier alpha value is -2.58. The van der Waals surface area contributed by atoms with Crippen LogP contribution in [0.1, 0.15) is 56.7 Å². The minimum Gasteiger partial charge on any atom is -0.423 e. The smallest absolute Gasteiger partial charge is 0.345 e. The molecule has 0 aliphatic carbocycles. The van der Waals surface area contributed by atoms with Crippen molar-refractivity contribution in [2.45, 2.75) is 39.0 Å². The molecule has 0 bridgehead atoms. The number of nitrogens with zero attached hydrogens (tertiary/aromatic N) is 1. The molecule has 2 N–H and O–H groups in total. The van der Waals surface area contributed by atoms with Crippen LogP contribution >= 0.6 is 34.5 Å². The van der Waals surface area contributed by atoms with E-state index in [1.807, 2.05) is 12.1 Å². The van der Waals surface area contributed by atoms with Crippen LogP contribution in [-0.4, -0.2) is 29.4 Å². The van der Waals surface area contributed by atoms with Crippen LogP contribution in [0.5, 0.6) is 5.75 Å². The van der Waals surface area contributed by atoms with E-state index >= 15 is 0 Å². The maximum Gasteiger partial charge on any atom is 0.345 e. The van der Waals surface area contributed by atoms with Crippen LogP contribution in [0.4, 0.5) is 5.00 Å². The van der Waals surface area contributed by atoms with Crippen molar-refractivity contribution in [3.8, 4) is 5.75 Å². The molecule has 0 fully saturated rings. The number of nitrogens with one attached hydrogen (secondary N) is 2. The van der Waals surface area contributed by atoms with E-state index in [1.54, 1.807) is 29.5 Å². The Kier molecular flexibility index (Phi) is 6.29. The van der Waals surface area contributed by atoms with Crippen molar-refractivity contribution in [1.82, 2.24) is 10.2 Å². The molecule has 2 aliphatic heterocycles. The van der Waals surface area contributed by atoms with Crippen molar-refractivity contribution in [2.75, 3.05) is 11.9 Å². The number of rotatable bonds is 4. The lowest BCUT2D eigenvalue weighted by Crippen LogP contribution is -2.39. The Morgan fingerprint density at radius 3 is 2.62 bits per heavy atom. The number of anilines is 1. The summed E-state index contributed by atoms with van der Waals surface area (Å²) in [7, 11) is 0. The number of benzene rings is 2. The van der Waals surface area contributed by atoms with Gasteiger partial charge in [-0.1, -0.05) is 35.3 Å². The van der Waals surface area contributed by atoms with Crippen LogP contribution in [0.25, 0.3) is 0 Å². The van der Waals surface area contributed by atoms with Crippen LogP contribution in [0.3, 0.4) is 0 Å². The van der Waals surface area contributed by atoms with Crippen LogP contribution in [-0.2, 0) is 13.0 Å². The van der Waals surface area contributed by atoms with Crippen LogP contribution in [0.2, 0.25) is 10.0 Å². The van der Waals surface area contributed by atoms with E-state index in [-0.39, 0.29) is 22.7 Å². The number of ether oxygens (including phenoxy) is 1. The van der Waals surface area contributed by atoms with Gasteiger partial charge in [0.05, 0.1) is 16.1 Å². The van der Waals surface area contributed by atoms with Gasteiger partial charge in [0.1, 0.15) is 16.9 Å². The molecule has 0 radical (unpaired) electrons. The molecular formula is C25H23Cl2N3O3S. The van der Waals surface area contributed by atoms with E-state index < -0.39 is 5.97 Å². The van der Waals surface area contributed by atoms with Gasteiger partial charge in [-0.3, -0.25) is 9.69 Å². The average molecular weight is 516 g/mol. The molecule has 3 heterocycles. The number of carbonyl (C=O) groups excluding carboxylic acids is 2. The molecule has 0 saturated carbocycles. The zero-order valence-electron chi connectivity index (χ0n) is 18.7. The van der Waals surface area contributed by atoms with Crippen molar-refractivity contribution in [2.24, 2.45) is 0 Å². The average Bonchev–Trinajstić information content (AvgIpc) is 3.17. The number of thiophene rings is 1. The van der Waals surface area contributed by atoms with Gasteiger partial charge in [0, 0.05) is 29.0 Å². The first-order valence-electron chi connectivity index (χ1n) is 11.0. The van der Waals surface area contributed by atoms with Crippen molar-refractivity contribution in [3.05, 3.63) is 79.6 Å². The summed E-state index contributed by atoms with van der Waals surface area (Å²) in [5, 5.41) is 8.13. The quantitative estimate of drug-likeness (QED) is 0.334. The molecule has 2 aliphatic rings. The van der Waals surface area contributed by atoms with E-state index in [1.165, 1.54) is 22.6 Å². The first-order chi connectivity index (χ1) is 16.3. The Bertz CT molecular complexity index is 1270. The largest absolute Gasteiger partial charge is 0.423 e. The second-order valence-corrected chi connectivity index (χ2v) is 10.6. The molecule has 0 spiro atoms. The fourth-order valence-corrected chi connectivity index (χ4v) is 6.07. The Labute approximate surface area is 211 Å². The van der Waals surface area contributed by atoms with Gasteiger partial charge in [0.2, 0.25) is 0 Å². The molecule has 1 aromatic heterocycles. The van der Waals surface area contributed by atoms with Crippen LogP contribution < -0.4 is 15.4 Å². The normalized spacial score (nSPS) is 17.6. The highest BCUT2D eigenvalue weighted by molar-refractivity contribution is 7.16. The van der Waals surface area contributed by atoms with E-state index in [2.05, 4.69) is 29.4 Å². The predicted octanol–water partition coefficient (Wildman–Crippen LogP) is 5.89. The molecule has 1 atom stereocenters. The van der Waals surface area contributed by atoms with Gasteiger partial charge in [0.25, 0.3) is 5.91 Å². The summed E-state index contributed by atoms with van der Waals surface area (Å²) in [4.78, 5) is 29.1. The summed E-state index contributed by atoms with van der Waals surface area (Å²) >= 11 is 13.7. The first-order valence-corrected chi connectivity index (χ1v) is 12.6. The highest BCUT2D eigenvalue weighted by Gasteiger charge is 2.33. The van der Waals surface area contributed by atoms with Gasteiger partial charge >= 0.3 is 5.97 Å². The van der Waals surface area contributed by atoms with Gasteiger partial charge < -0.3 is 15.4 Å². The fourth-order valence-electron chi connectivity index (χ4n) is 4.29. The third-order valence-corrected chi connectivity index (χ3v) is 7.87. The van der Waals surface area contributed by atoms with Crippen molar-refractivity contribution >= 4 is 51.4 Å². The van der Waals surface area contributed by atoms with E-state index in [0.717, 1.165) is 35.6 Å².